The molecule has 3 rings (SSSR count). The van der Waals surface area contributed by atoms with Crippen LogP contribution >= 0.6 is 11.6 Å². The summed E-state index contributed by atoms with van der Waals surface area (Å²) in [6, 6.07) is 10.2. The number of benzene rings is 2. The highest BCUT2D eigenvalue weighted by atomic mass is 35.5. The molecule has 7 heteroatoms. The highest BCUT2D eigenvalue weighted by Crippen LogP contribution is 2.30. The molecule has 1 aliphatic rings. The van der Waals surface area contributed by atoms with Gasteiger partial charge in [0.1, 0.15) is 17.2 Å². The van der Waals surface area contributed by atoms with Crippen LogP contribution in [0.5, 0.6) is 17.2 Å². The lowest BCUT2D eigenvalue weighted by Gasteiger charge is -2.07. The van der Waals surface area contributed by atoms with Crippen molar-refractivity contribution >= 4 is 29.5 Å². The molecule has 0 spiro atoms. The van der Waals surface area contributed by atoms with Gasteiger partial charge in [-0.1, -0.05) is 11.6 Å². The molecule has 0 bridgehead atoms. The average Bonchev–Trinajstić information content (AvgIpc) is 3.02. The Hall–Kier alpha value is -2.99. The number of carbonyl (C=O) groups excluding carboxylic acids is 1. The first-order chi connectivity index (χ1) is 12.5. The fourth-order valence-corrected chi connectivity index (χ4v) is 2.64. The number of ether oxygens (including phenoxy) is 4. The smallest absolute Gasteiger partial charge is 0.363 e. The summed E-state index contributed by atoms with van der Waals surface area (Å²) in [6.45, 7) is 0. The van der Waals surface area contributed by atoms with Crippen molar-refractivity contribution in [1.29, 1.82) is 0 Å². The first kappa shape index (κ1) is 17.8. The third-order valence-corrected chi connectivity index (χ3v) is 3.98. The minimum absolute atomic E-state index is 0.127. The molecule has 0 aromatic heterocycles. The number of hydrogen-bond donors (Lipinski definition) is 0. The van der Waals surface area contributed by atoms with Crippen molar-refractivity contribution in [2.45, 2.75) is 0 Å². The van der Waals surface area contributed by atoms with Crippen LogP contribution in [-0.4, -0.2) is 33.2 Å². The predicted octanol–water partition coefficient (Wildman–Crippen LogP) is 3.71. The van der Waals surface area contributed by atoms with E-state index in [0.717, 1.165) is 0 Å². The topological polar surface area (TPSA) is 66.3 Å². The highest BCUT2D eigenvalue weighted by Gasteiger charge is 2.27. The van der Waals surface area contributed by atoms with Gasteiger partial charge in [0.15, 0.2) is 5.70 Å². The second-order valence-corrected chi connectivity index (χ2v) is 5.72. The summed E-state index contributed by atoms with van der Waals surface area (Å²) in [7, 11) is 4.62. The second-order valence-electron chi connectivity index (χ2n) is 5.29. The summed E-state index contributed by atoms with van der Waals surface area (Å²) in [5.41, 5.74) is 1.27. The lowest BCUT2D eigenvalue weighted by atomic mass is 10.1. The van der Waals surface area contributed by atoms with Crippen molar-refractivity contribution in [3.05, 3.63) is 58.2 Å². The Morgan fingerprint density at radius 2 is 1.73 bits per heavy atom. The molecular weight excluding hydrogens is 358 g/mol. The number of cyclic esters (lactones) is 1. The molecule has 0 fully saturated rings. The van der Waals surface area contributed by atoms with E-state index in [-0.39, 0.29) is 11.6 Å². The summed E-state index contributed by atoms with van der Waals surface area (Å²) in [4.78, 5) is 16.5. The molecule has 26 heavy (non-hydrogen) atoms. The van der Waals surface area contributed by atoms with Gasteiger partial charge >= 0.3 is 5.97 Å². The Kier molecular flexibility index (Phi) is 5.14. The molecule has 2 aromatic rings. The van der Waals surface area contributed by atoms with E-state index in [0.29, 0.717) is 33.4 Å². The number of methoxy groups -OCH3 is 3. The van der Waals surface area contributed by atoms with Gasteiger partial charge in [-0.15, -0.1) is 0 Å². The normalized spacial score (nSPS) is 14.8. The van der Waals surface area contributed by atoms with Crippen molar-refractivity contribution in [2.75, 3.05) is 21.3 Å². The Bertz CT molecular complexity index is 920. The molecule has 0 aliphatic carbocycles. The van der Waals surface area contributed by atoms with Crippen molar-refractivity contribution in [3.63, 3.8) is 0 Å². The van der Waals surface area contributed by atoms with Crippen LogP contribution in [0, 0.1) is 0 Å². The predicted molar refractivity (Wildman–Crippen MR) is 98.2 cm³/mol. The Morgan fingerprint density at radius 3 is 2.42 bits per heavy atom. The minimum Gasteiger partial charge on any atom is -0.497 e. The molecule has 0 saturated carbocycles. The quantitative estimate of drug-likeness (QED) is 0.590. The summed E-state index contributed by atoms with van der Waals surface area (Å²) < 4.78 is 21.1. The van der Waals surface area contributed by atoms with Crippen LogP contribution in [0.4, 0.5) is 0 Å². The van der Waals surface area contributed by atoms with E-state index in [2.05, 4.69) is 4.99 Å². The van der Waals surface area contributed by atoms with Crippen molar-refractivity contribution in [1.82, 2.24) is 0 Å². The van der Waals surface area contributed by atoms with Gasteiger partial charge < -0.3 is 18.9 Å². The monoisotopic (exact) mass is 373 g/mol. The van der Waals surface area contributed by atoms with Crippen LogP contribution in [0.15, 0.2) is 47.1 Å². The minimum atomic E-state index is -0.577. The number of esters is 1. The molecule has 0 N–H and O–H groups in total. The van der Waals surface area contributed by atoms with E-state index in [1.807, 2.05) is 0 Å². The molecule has 6 nitrogen and oxygen atoms in total. The molecule has 0 saturated heterocycles. The van der Waals surface area contributed by atoms with Gasteiger partial charge in [-0.25, -0.2) is 9.79 Å². The lowest BCUT2D eigenvalue weighted by molar-refractivity contribution is -0.129. The summed E-state index contributed by atoms with van der Waals surface area (Å²) in [5, 5.41) is 0.478. The first-order valence-electron chi connectivity index (χ1n) is 7.64. The Balaban J connectivity index is 2.04. The van der Waals surface area contributed by atoms with Crippen LogP contribution in [0.1, 0.15) is 11.1 Å². The maximum absolute atomic E-state index is 12.3. The van der Waals surface area contributed by atoms with E-state index < -0.39 is 5.97 Å². The summed E-state index contributed by atoms with van der Waals surface area (Å²) in [5.74, 6) is 1.26. The molecule has 0 amide bonds. The van der Waals surface area contributed by atoms with Gasteiger partial charge in [0.05, 0.1) is 26.9 Å². The fraction of sp³-hybridized carbons (Fsp3) is 0.158. The van der Waals surface area contributed by atoms with Crippen molar-refractivity contribution < 1.29 is 23.7 Å². The molecule has 0 atom stereocenters. The van der Waals surface area contributed by atoms with Crippen LogP contribution in [0.2, 0.25) is 5.02 Å². The average molecular weight is 374 g/mol. The van der Waals surface area contributed by atoms with E-state index in [4.69, 9.17) is 30.5 Å². The van der Waals surface area contributed by atoms with Crippen LogP contribution in [0.25, 0.3) is 6.08 Å². The number of aliphatic imine (C=N–C) groups is 1. The molecular formula is C19H16ClNO5. The maximum Gasteiger partial charge on any atom is 0.363 e. The molecule has 1 aliphatic heterocycles. The molecule has 134 valence electrons. The SMILES string of the molecule is COc1ccc(OC)c(/C=C2/N=C(c3cc(Cl)ccc3OC)OC2=O)c1. The highest BCUT2D eigenvalue weighted by molar-refractivity contribution is 6.31. The van der Waals surface area contributed by atoms with Gasteiger partial charge in [0, 0.05) is 10.6 Å². The number of rotatable bonds is 5. The Labute approximate surface area is 155 Å². The molecule has 0 radical (unpaired) electrons. The third-order valence-electron chi connectivity index (χ3n) is 3.74. The maximum atomic E-state index is 12.3. The van der Waals surface area contributed by atoms with Crippen LogP contribution in [0.3, 0.4) is 0 Å². The first-order valence-corrected chi connectivity index (χ1v) is 8.02. The second kappa shape index (κ2) is 7.49. The van der Waals surface area contributed by atoms with Crippen molar-refractivity contribution in [3.8, 4) is 17.2 Å². The van der Waals surface area contributed by atoms with Gasteiger partial charge in [-0.3, -0.25) is 0 Å². The largest absolute Gasteiger partial charge is 0.497 e. The van der Waals surface area contributed by atoms with Gasteiger partial charge in [0.25, 0.3) is 0 Å². The third kappa shape index (κ3) is 3.50. The fourth-order valence-electron chi connectivity index (χ4n) is 2.47. The lowest BCUT2D eigenvalue weighted by Crippen LogP contribution is -2.07. The number of hydrogen-bond acceptors (Lipinski definition) is 6. The Morgan fingerprint density at radius 1 is 1.00 bits per heavy atom. The van der Waals surface area contributed by atoms with Gasteiger partial charge in [-0.05, 0) is 42.5 Å². The van der Waals surface area contributed by atoms with Gasteiger partial charge in [0.2, 0.25) is 5.90 Å². The molecule has 2 aromatic carbocycles. The summed E-state index contributed by atoms with van der Waals surface area (Å²) in [6.07, 6.45) is 1.58. The van der Waals surface area contributed by atoms with Crippen LogP contribution in [-0.2, 0) is 9.53 Å². The van der Waals surface area contributed by atoms with E-state index in [1.54, 1.807) is 56.7 Å². The standard InChI is InChI=1S/C19H16ClNO5/c1-23-13-5-7-16(24-2)11(8-13)9-15-19(22)26-18(21-15)14-10-12(20)4-6-17(14)25-3/h4-10H,1-3H3/b15-9+. The zero-order valence-corrected chi connectivity index (χ0v) is 15.2. The number of carbonyl (C=O) groups is 1. The number of nitrogens with zero attached hydrogens (tertiary/aromatic N) is 1. The van der Waals surface area contributed by atoms with E-state index in [9.17, 15) is 4.79 Å². The number of halogens is 1. The zero-order chi connectivity index (χ0) is 18.7. The van der Waals surface area contributed by atoms with Crippen LogP contribution < -0.4 is 14.2 Å². The summed E-state index contributed by atoms with van der Waals surface area (Å²) >= 11 is 6.03. The van der Waals surface area contributed by atoms with Crippen molar-refractivity contribution in [2.24, 2.45) is 4.99 Å². The van der Waals surface area contributed by atoms with E-state index >= 15 is 0 Å². The van der Waals surface area contributed by atoms with E-state index in [1.165, 1.54) is 7.11 Å². The van der Waals surface area contributed by atoms with Gasteiger partial charge in [-0.2, -0.15) is 0 Å². The zero-order valence-electron chi connectivity index (χ0n) is 14.4. The molecule has 1 heterocycles. The molecule has 0 unspecified atom stereocenters.